The Morgan fingerprint density at radius 1 is 0.167 bits per heavy atom. The predicted octanol–water partition coefficient (Wildman–Crippen LogP) is -19.8. The largest absolute Gasteiger partial charge is 0.631 e. The van der Waals surface area contributed by atoms with E-state index in [-0.39, 0.29) is 76.7 Å². The van der Waals surface area contributed by atoms with Crippen molar-refractivity contribution in [2.24, 2.45) is 0 Å². The van der Waals surface area contributed by atoms with Crippen LogP contribution in [0.3, 0.4) is 0 Å². The fraction of sp³-hybridized carbons (Fsp3) is 0. The van der Waals surface area contributed by atoms with E-state index in [0.717, 1.165) is 0 Å². The second-order valence-electron chi connectivity index (χ2n) is 1.39. The van der Waals surface area contributed by atoms with Gasteiger partial charge in [-0.2, -0.15) is 0 Å². The van der Waals surface area contributed by atoms with Crippen molar-refractivity contribution < 1.29 is 137 Å². The van der Waals surface area contributed by atoms with Crippen LogP contribution in [0.1, 0.15) is 0 Å². The average molecular weight is 500 g/mol. The van der Waals surface area contributed by atoms with E-state index in [1.165, 1.54) is 0 Å². The van der Waals surface area contributed by atoms with Crippen molar-refractivity contribution in [3.8, 4) is 0 Å². The van der Waals surface area contributed by atoms with Crippen LogP contribution in [0.2, 0.25) is 0 Å². The number of hydrogen-bond donors (Lipinski definition) is 12. The highest BCUT2D eigenvalue weighted by Crippen LogP contribution is 1.41. The van der Waals surface area contributed by atoms with Gasteiger partial charge >= 0.3 is 29.3 Å². The third-order valence-corrected chi connectivity index (χ3v) is 0. The summed E-state index contributed by atoms with van der Waals surface area (Å²) in [7, 11) is -8.67. The smallest absolute Gasteiger partial charge is 0.412 e. The molecule has 0 aliphatic rings. The second-order valence-corrected chi connectivity index (χ2v) is 1.39. The van der Waals surface area contributed by atoms with Gasteiger partial charge in [0.25, 0.3) is 0 Å². The molecule has 0 aliphatic carbocycles. The lowest BCUT2D eigenvalue weighted by Crippen LogP contribution is -2.07. The van der Waals surface area contributed by atoms with Crippen LogP contribution in [0.25, 0.3) is 0 Å². The van der Waals surface area contributed by atoms with Gasteiger partial charge < -0.3 is 137 Å². The minimum absolute atomic E-state index is 0. The number of hydrogen-bond acceptors (Lipinski definition) is 12. The monoisotopic (exact) mass is 500 g/mol. The second kappa shape index (κ2) is 166. The van der Waals surface area contributed by atoms with E-state index in [2.05, 4.69) is 0 Å². The quantitative estimate of drug-likeness (QED) is 0.138. The van der Waals surface area contributed by atoms with Crippen molar-refractivity contribution >= 4 is 29.3 Å². The van der Waals surface area contributed by atoms with Crippen molar-refractivity contribution in [2.75, 3.05) is 0 Å². The molecule has 0 atom stereocenters. The van der Waals surface area contributed by atoms with Gasteiger partial charge in [0, 0.05) is 0 Å². The number of rotatable bonds is 0. The first-order valence-electron chi connectivity index (χ1n) is 3.10. The zero-order valence-electron chi connectivity index (χ0n) is 14.7. The fourth-order valence-corrected chi connectivity index (χ4v) is 0. The molecule has 0 amide bonds. The predicted molar refractivity (Wildman–Crippen MR) is 100 cm³/mol. The molecule has 0 fully saturated rings. The summed E-state index contributed by atoms with van der Waals surface area (Å²) in [6.45, 7) is 0. The topological polar surface area (TPSA) is 684 Å². The Morgan fingerprint density at radius 3 is 0.167 bits per heavy atom. The van der Waals surface area contributed by atoms with E-state index in [9.17, 15) is 0 Å². The molecule has 0 aliphatic heterocycles. The molecule has 0 aromatic rings. The first-order chi connectivity index (χ1) is 6.93. The van der Waals surface area contributed by atoms with Gasteiger partial charge in [0.15, 0.2) is 0 Å². The summed E-state index contributed by atoms with van der Waals surface area (Å²) in [5.74, 6) is 0. The minimum atomic E-state index is -2.17. The summed E-state index contributed by atoms with van der Waals surface area (Å²) in [6.07, 6.45) is 0. The molecular formula is H40B4O26. The normalized spacial score (nSPS) is 3.60. The van der Waals surface area contributed by atoms with Gasteiger partial charge in [0.2, 0.25) is 0 Å². The van der Waals surface area contributed by atoms with Crippen molar-refractivity contribution in [1.82, 2.24) is 0 Å². The van der Waals surface area contributed by atoms with E-state index in [4.69, 9.17) is 60.3 Å². The zero-order chi connectivity index (χ0) is 14.3. The van der Waals surface area contributed by atoms with Gasteiger partial charge in [0.1, 0.15) is 0 Å². The molecular weight excluding hydrogens is 459 g/mol. The molecule has 0 aromatic heterocycles. The molecule has 0 radical (unpaired) electrons. The highest BCUT2D eigenvalue weighted by molar-refractivity contribution is 6.31. The van der Waals surface area contributed by atoms with Crippen LogP contribution < -0.4 is 0 Å². The highest BCUT2D eigenvalue weighted by atomic mass is 16.5. The van der Waals surface area contributed by atoms with E-state index in [0.29, 0.717) is 0 Å². The Bertz CT molecular complexity index is 60.0. The molecule has 0 heterocycles. The van der Waals surface area contributed by atoms with Gasteiger partial charge in [-0.3, -0.25) is 0 Å². The lowest BCUT2D eigenvalue weighted by atomic mass is 10.3. The molecule has 0 spiro atoms. The van der Waals surface area contributed by atoms with Crippen LogP contribution in [-0.2, 0) is 0 Å². The van der Waals surface area contributed by atoms with Gasteiger partial charge in [-0.05, 0) is 0 Å². The maximum atomic E-state index is 7.17. The van der Waals surface area contributed by atoms with Crippen LogP contribution in [0.5, 0.6) is 0 Å². The van der Waals surface area contributed by atoms with Crippen LogP contribution in [0.4, 0.5) is 0 Å². The minimum Gasteiger partial charge on any atom is -0.412 e. The molecule has 30 heavy (non-hydrogen) atoms. The standard InChI is InChI=1S/4BH3O3.14H2O/c4*2-1(3)4;;;;;;;;;;;;;;/h4*2-4H;14*1H2. The molecule has 0 saturated heterocycles. The molecule has 0 unspecified atom stereocenters. The Balaban J connectivity index is -0.00000000346. The van der Waals surface area contributed by atoms with Crippen LogP contribution >= 0.6 is 0 Å². The molecule has 0 aromatic carbocycles. The van der Waals surface area contributed by atoms with E-state index >= 15 is 0 Å². The molecule has 208 valence electrons. The van der Waals surface area contributed by atoms with Crippen molar-refractivity contribution in [2.45, 2.75) is 0 Å². The Labute approximate surface area is 167 Å². The maximum Gasteiger partial charge on any atom is 0.631 e. The van der Waals surface area contributed by atoms with Crippen molar-refractivity contribution in [3.05, 3.63) is 0 Å². The first kappa shape index (κ1) is 185. The summed E-state index contributed by atoms with van der Waals surface area (Å²) in [5.41, 5.74) is 0. The van der Waals surface area contributed by atoms with E-state index in [1.807, 2.05) is 0 Å². The van der Waals surface area contributed by atoms with Crippen LogP contribution in [-0.4, -0.2) is 166 Å². The first-order valence-corrected chi connectivity index (χ1v) is 3.10. The molecule has 0 rings (SSSR count). The van der Waals surface area contributed by atoms with Crippen LogP contribution in [0, 0.1) is 0 Å². The summed E-state index contributed by atoms with van der Waals surface area (Å²) < 4.78 is 0. The fourth-order valence-electron chi connectivity index (χ4n) is 0. The third kappa shape index (κ3) is 30700. The maximum absolute atomic E-state index is 7.17. The van der Waals surface area contributed by atoms with Crippen molar-refractivity contribution in [3.63, 3.8) is 0 Å². The van der Waals surface area contributed by atoms with Gasteiger partial charge in [-0.25, -0.2) is 0 Å². The van der Waals surface area contributed by atoms with Crippen LogP contribution in [0.15, 0.2) is 0 Å². The zero-order valence-corrected chi connectivity index (χ0v) is 14.7. The Kier molecular flexibility index (Phi) is 1020. The van der Waals surface area contributed by atoms with Crippen molar-refractivity contribution in [1.29, 1.82) is 0 Å². The lowest BCUT2D eigenvalue weighted by molar-refractivity contribution is 0.276. The summed E-state index contributed by atoms with van der Waals surface area (Å²) in [6, 6.07) is 0. The van der Waals surface area contributed by atoms with E-state index < -0.39 is 29.3 Å². The SMILES string of the molecule is O.O.O.O.O.O.O.O.O.O.O.O.O.O.OB(O)O.OB(O)O.OB(O)O.OB(O)O. The Hall–Kier alpha value is -0.780. The molecule has 30 heteroatoms. The highest BCUT2D eigenvalue weighted by Gasteiger charge is 1.93. The Morgan fingerprint density at radius 2 is 0.167 bits per heavy atom. The summed E-state index contributed by atoms with van der Waals surface area (Å²) >= 11 is 0. The third-order valence-electron chi connectivity index (χ3n) is 0. The average Bonchev–Trinajstić information content (AvgIpc) is 1.76. The van der Waals surface area contributed by atoms with E-state index in [1.54, 1.807) is 0 Å². The lowest BCUT2D eigenvalue weighted by Gasteiger charge is -1.69. The molecule has 26 nitrogen and oxygen atoms in total. The molecule has 0 saturated carbocycles. The van der Waals surface area contributed by atoms with Gasteiger partial charge in [-0.15, -0.1) is 0 Å². The molecule has 0 bridgehead atoms. The van der Waals surface area contributed by atoms with Gasteiger partial charge in [0.05, 0.1) is 0 Å². The summed E-state index contributed by atoms with van der Waals surface area (Å²) in [4.78, 5) is 0. The van der Waals surface area contributed by atoms with Gasteiger partial charge in [-0.1, -0.05) is 0 Å². The summed E-state index contributed by atoms with van der Waals surface area (Å²) in [5, 5.41) is 86.0. The molecule has 40 N–H and O–H groups in total.